The number of nitrogens with one attached hydrogen (secondary N) is 1. The number of aryl methyl sites for hydroxylation is 1. The maximum atomic E-state index is 9.41. The third-order valence-corrected chi connectivity index (χ3v) is 3.85. The lowest BCUT2D eigenvalue weighted by molar-refractivity contribution is 0.415. The molecule has 2 heterocycles. The summed E-state index contributed by atoms with van der Waals surface area (Å²) < 4.78 is 7.16. The van der Waals surface area contributed by atoms with Crippen LogP contribution in [-0.2, 0) is 6.54 Å². The second-order valence-corrected chi connectivity index (χ2v) is 5.58. The van der Waals surface area contributed by atoms with Crippen LogP contribution >= 0.6 is 0 Å². The van der Waals surface area contributed by atoms with E-state index in [9.17, 15) is 5.26 Å². The third-order valence-electron chi connectivity index (χ3n) is 3.85. The second-order valence-electron chi connectivity index (χ2n) is 5.58. The maximum Gasteiger partial charge on any atom is 0.225 e. The number of nitrogen functional groups attached to an aromatic ring is 1. The van der Waals surface area contributed by atoms with Gasteiger partial charge in [-0.2, -0.15) is 10.2 Å². The molecule has 3 aromatic rings. The highest BCUT2D eigenvalue weighted by atomic mass is 16.5. The van der Waals surface area contributed by atoms with E-state index in [0.717, 1.165) is 24.3 Å². The minimum atomic E-state index is 0.158. The fourth-order valence-corrected chi connectivity index (χ4v) is 2.51. The molecule has 0 aliphatic carbocycles. The Hall–Kier alpha value is -3.60. The molecule has 0 bridgehead atoms. The summed E-state index contributed by atoms with van der Waals surface area (Å²) in [5.41, 5.74) is 7.50. The van der Waals surface area contributed by atoms with Crippen molar-refractivity contribution in [3.63, 3.8) is 0 Å². The summed E-state index contributed by atoms with van der Waals surface area (Å²) in [6.07, 6.45) is 6.31. The minimum absolute atomic E-state index is 0.158. The molecule has 2 aromatic heterocycles. The van der Waals surface area contributed by atoms with E-state index in [1.165, 1.54) is 0 Å². The topological polar surface area (TPSA) is 115 Å². The molecule has 0 amide bonds. The van der Waals surface area contributed by atoms with Crippen LogP contribution < -0.4 is 15.8 Å². The number of rotatable bonds is 7. The molecule has 0 saturated carbocycles. The van der Waals surface area contributed by atoms with Crippen molar-refractivity contribution < 1.29 is 4.74 Å². The van der Waals surface area contributed by atoms with E-state index in [1.54, 1.807) is 19.6 Å². The van der Waals surface area contributed by atoms with Gasteiger partial charge in [-0.1, -0.05) is 0 Å². The van der Waals surface area contributed by atoms with Crippen molar-refractivity contribution in [3.8, 4) is 23.1 Å². The first kappa shape index (κ1) is 17.2. The molecule has 0 unspecified atom stereocenters. The molecule has 0 saturated heterocycles. The number of nitrogens with zero attached hydrogens (tertiary/aromatic N) is 5. The van der Waals surface area contributed by atoms with Crippen molar-refractivity contribution in [1.82, 2.24) is 19.5 Å². The summed E-state index contributed by atoms with van der Waals surface area (Å²) in [5.74, 6) is 1.29. The van der Waals surface area contributed by atoms with Crippen LogP contribution in [-0.4, -0.2) is 33.2 Å². The molecule has 0 aliphatic heterocycles. The molecule has 0 spiro atoms. The Bertz CT molecular complexity index is 899. The molecular weight excluding hydrogens is 330 g/mol. The summed E-state index contributed by atoms with van der Waals surface area (Å²) in [6, 6.07) is 9.38. The Labute approximate surface area is 151 Å². The van der Waals surface area contributed by atoms with Crippen molar-refractivity contribution in [1.29, 1.82) is 5.26 Å². The summed E-state index contributed by atoms with van der Waals surface area (Å²) in [7, 11) is 1.60. The van der Waals surface area contributed by atoms with Gasteiger partial charge in [0, 0.05) is 31.0 Å². The maximum absolute atomic E-state index is 9.41. The predicted molar refractivity (Wildman–Crippen MR) is 98.5 cm³/mol. The van der Waals surface area contributed by atoms with Gasteiger partial charge in [0.25, 0.3) is 0 Å². The molecule has 3 N–H and O–H groups in total. The average molecular weight is 349 g/mol. The fourth-order valence-electron chi connectivity index (χ4n) is 2.51. The quantitative estimate of drug-likeness (QED) is 0.629. The molecule has 26 heavy (non-hydrogen) atoms. The highest BCUT2D eigenvalue weighted by Gasteiger charge is 2.14. The standard InChI is InChI=1S/C18H19N7O/c1-26-14-5-3-13(4-6-14)16-15(11-19)17(20)24-18(23-16)22-7-2-9-25-10-8-21-12-25/h3-6,8,10,12H,2,7,9H2,1H3,(H3,20,22,23,24). The van der Waals surface area contributed by atoms with Gasteiger partial charge in [0.05, 0.1) is 19.1 Å². The molecule has 8 nitrogen and oxygen atoms in total. The molecule has 0 atom stereocenters. The van der Waals surface area contributed by atoms with Gasteiger partial charge in [0.2, 0.25) is 5.95 Å². The second kappa shape index (κ2) is 7.98. The normalized spacial score (nSPS) is 10.3. The molecule has 1 aromatic carbocycles. The van der Waals surface area contributed by atoms with E-state index >= 15 is 0 Å². The molecule has 0 radical (unpaired) electrons. The van der Waals surface area contributed by atoms with Crippen molar-refractivity contribution in [3.05, 3.63) is 48.5 Å². The van der Waals surface area contributed by atoms with Crippen molar-refractivity contribution in [2.75, 3.05) is 24.7 Å². The highest BCUT2D eigenvalue weighted by molar-refractivity contribution is 5.73. The van der Waals surface area contributed by atoms with Crippen LogP contribution in [0.1, 0.15) is 12.0 Å². The van der Waals surface area contributed by atoms with Crippen LogP contribution in [0.5, 0.6) is 5.75 Å². The minimum Gasteiger partial charge on any atom is -0.497 e. The Morgan fingerprint density at radius 2 is 2.08 bits per heavy atom. The van der Waals surface area contributed by atoms with Crippen molar-refractivity contribution >= 4 is 11.8 Å². The monoisotopic (exact) mass is 349 g/mol. The van der Waals surface area contributed by atoms with Crippen LogP contribution in [0, 0.1) is 11.3 Å². The van der Waals surface area contributed by atoms with Crippen LogP contribution in [0.2, 0.25) is 0 Å². The first-order valence-electron chi connectivity index (χ1n) is 8.13. The Morgan fingerprint density at radius 1 is 1.27 bits per heavy atom. The van der Waals surface area contributed by atoms with Gasteiger partial charge < -0.3 is 20.4 Å². The van der Waals surface area contributed by atoms with Gasteiger partial charge in [0.1, 0.15) is 23.2 Å². The molecule has 132 valence electrons. The number of aromatic nitrogens is 4. The van der Waals surface area contributed by atoms with E-state index < -0.39 is 0 Å². The zero-order valence-electron chi connectivity index (χ0n) is 14.4. The van der Waals surface area contributed by atoms with Crippen LogP contribution in [0.15, 0.2) is 43.0 Å². The Morgan fingerprint density at radius 3 is 2.73 bits per heavy atom. The lowest BCUT2D eigenvalue weighted by Gasteiger charge is -2.11. The third kappa shape index (κ3) is 3.89. The number of benzene rings is 1. The molecule has 0 fully saturated rings. The molecule has 8 heteroatoms. The van der Waals surface area contributed by atoms with Gasteiger partial charge in [-0.25, -0.2) is 9.97 Å². The van der Waals surface area contributed by atoms with E-state index in [-0.39, 0.29) is 11.4 Å². The first-order valence-corrected chi connectivity index (χ1v) is 8.13. The van der Waals surface area contributed by atoms with Crippen LogP contribution in [0.4, 0.5) is 11.8 Å². The van der Waals surface area contributed by atoms with Crippen LogP contribution in [0.3, 0.4) is 0 Å². The number of nitrogens with two attached hydrogens (primary N) is 1. The SMILES string of the molecule is COc1ccc(-c2nc(NCCCn3ccnc3)nc(N)c2C#N)cc1. The highest BCUT2D eigenvalue weighted by Crippen LogP contribution is 2.27. The number of ether oxygens (including phenoxy) is 1. The van der Waals surface area contributed by atoms with Gasteiger partial charge in [0.15, 0.2) is 0 Å². The first-order chi connectivity index (χ1) is 12.7. The molecule has 0 aliphatic rings. The summed E-state index contributed by atoms with van der Waals surface area (Å²) in [6.45, 7) is 1.51. The van der Waals surface area contributed by atoms with E-state index in [4.69, 9.17) is 10.5 Å². The average Bonchev–Trinajstić information content (AvgIpc) is 3.18. The van der Waals surface area contributed by atoms with Gasteiger partial charge in [-0.3, -0.25) is 0 Å². The number of methoxy groups -OCH3 is 1. The van der Waals surface area contributed by atoms with Gasteiger partial charge >= 0.3 is 0 Å². The van der Waals surface area contributed by atoms with E-state index in [1.807, 2.05) is 35.0 Å². The Kier molecular flexibility index (Phi) is 5.29. The predicted octanol–water partition coefficient (Wildman–Crippen LogP) is 2.30. The number of hydrogen-bond donors (Lipinski definition) is 2. The van der Waals surface area contributed by atoms with Crippen molar-refractivity contribution in [2.24, 2.45) is 0 Å². The Balaban J connectivity index is 1.76. The van der Waals surface area contributed by atoms with E-state index in [2.05, 4.69) is 26.3 Å². The zero-order valence-corrected chi connectivity index (χ0v) is 14.4. The largest absolute Gasteiger partial charge is 0.497 e. The fraction of sp³-hybridized carbons (Fsp3) is 0.222. The zero-order chi connectivity index (χ0) is 18.4. The van der Waals surface area contributed by atoms with Crippen molar-refractivity contribution in [2.45, 2.75) is 13.0 Å². The lowest BCUT2D eigenvalue weighted by Crippen LogP contribution is -2.11. The van der Waals surface area contributed by atoms with Gasteiger partial charge in [-0.05, 0) is 30.7 Å². The van der Waals surface area contributed by atoms with E-state index in [0.29, 0.717) is 18.2 Å². The van der Waals surface area contributed by atoms with Crippen LogP contribution in [0.25, 0.3) is 11.3 Å². The summed E-state index contributed by atoms with van der Waals surface area (Å²) in [4.78, 5) is 12.7. The lowest BCUT2D eigenvalue weighted by atomic mass is 10.1. The smallest absolute Gasteiger partial charge is 0.225 e. The number of imidazole rings is 1. The number of hydrogen-bond acceptors (Lipinski definition) is 7. The van der Waals surface area contributed by atoms with Gasteiger partial charge in [-0.15, -0.1) is 0 Å². The summed E-state index contributed by atoms with van der Waals surface area (Å²) >= 11 is 0. The molecule has 3 rings (SSSR count). The number of anilines is 2. The number of nitriles is 1. The molecular formula is C18H19N7O. The summed E-state index contributed by atoms with van der Waals surface area (Å²) in [5, 5.41) is 12.6.